The van der Waals surface area contributed by atoms with Gasteiger partial charge in [0.25, 0.3) is 0 Å². The largest absolute Gasteiger partial charge is 0.469 e. The monoisotopic (exact) mass is 294 g/mol. The molecule has 4 nitrogen and oxygen atoms in total. The van der Waals surface area contributed by atoms with Gasteiger partial charge < -0.3 is 9.79 Å². The van der Waals surface area contributed by atoms with Crippen LogP contribution in [-0.4, -0.2) is 15.9 Å². The quantitative estimate of drug-likeness (QED) is 0.378. The summed E-state index contributed by atoms with van der Waals surface area (Å²) in [4.78, 5) is 17.5. The molecule has 0 spiro atoms. The number of rotatable bonds is 13. The number of unbranched alkanes of at least 4 members (excludes halogenated alkanes) is 8. The van der Waals surface area contributed by atoms with E-state index in [2.05, 4.69) is 6.92 Å². The highest BCUT2D eigenvalue weighted by Crippen LogP contribution is 2.39. The van der Waals surface area contributed by atoms with Gasteiger partial charge in [0.2, 0.25) is 0 Å². The Morgan fingerprint density at radius 2 is 1.37 bits per heavy atom. The Hall–Kier alpha value is 0.110. The summed E-state index contributed by atoms with van der Waals surface area (Å²) in [6, 6.07) is 0. The number of hydrogen-bond acceptors (Lipinski definition) is 2. The topological polar surface area (TPSA) is 66.8 Å². The summed E-state index contributed by atoms with van der Waals surface area (Å²) in [5.74, 6) is 0. The van der Waals surface area contributed by atoms with Crippen molar-refractivity contribution in [3.63, 3.8) is 0 Å². The maximum Gasteiger partial charge on any atom is 0.469 e. The van der Waals surface area contributed by atoms with Crippen molar-refractivity contribution in [3.8, 4) is 0 Å². The third kappa shape index (κ3) is 14.3. The summed E-state index contributed by atoms with van der Waals surface area (Å²) in [5, 5.41) is 0. The van der Waals surface area contributed by atoms with Gasteiger partial charge >= 0.3 is 7.82 Å². The predicted molar refractivity (Wildman–Crippen MR) is 79.1 cm³/mol. The van der Waals surface area contributed by atoms with E-state index in [0.29, 0.717) is 6.42 Å². The summed E-state index contributed by atoms with van der Waals surface area (Å²) in [7, 11) is -4.32. The maximum atomic E-state index is 10.7. The molecule has 0 bridgehead atoms. The van der Waals surface area contributed by atoms with Gasteiger partial charge in [-0.2, -0.15) is 0 Å². The van der Waals surface area contributed by atoms with Crippen LogP contribution < -0.4 is 0 Å². The molecule has 0 aliphatic carbocycles. The molecule has 0 rings (SSSR count). The number of phosphoric acid groups is 1. The summed E-state index contributed by atoms with van der Waals surface area (Å²) in [6.07, 6.45) is 12.4. The first-order chi connectivity index (χ1) is 8.99. The molecule has 0 aromatic carbocycles. The molecule has 1 atom stereocenters. The van der Waals surface area contributed by atoms with E-state index in [1.165, 1.54) is 44.9 Å². The molecule has 0 aliphatic heterocycles. The second-order valence-corrected chi connectivity index (χ2v) is 6.44. The first-order valence-electron chi connectivity index (χ1n) is 7.73. The van der Waals surface area contributed by atoms with Crippen LogP contribution in [0.4, 0.5) is 0 Å². The van der Waals surface area contributed by atoms with E-state index in [1.54, 1.807) is 0 Å². The molecule has 0 radical (unpaired) electrons. The molecule has 2 N–H and O–H groups in total. The lowest BCUT2D eigenvalue weighted by Crippen LogP contribution is -2.09. The molecule has 0 amide bonds. The first kappa shape index (κ1) is 19.1. The van der Waals surface area contributed by atoms with E-state index in [9.17, 15) is 4.57 Å². The van der Waals surface area contributed by atoms with Crippen molar-refractivity contribution in [1.29, 1.82) is 0 Å². The average Bonchev–Trinajstić information content (AvgIpc) is 2.34. The van der Waals surface area contributed by atoms with Crippen LogP contribution in [-0.2, 0) is 9.09 Å². The SMILES string of the molecule is CCCCCCCCCCCC(CC)OP(=O)(O)O. The molecular weight excluding hydrogens is 263 g/mol. The summed E-state index contributed by atoms with van der Waals surface area (Å²) < 4.78 is 15.5. The van der Waals surface area contributed by atoms with Crippen molar-refractivity contribution in [2.45, 2.75) is 90.6 Å². The van der Waals surface area contributed by atoms with Gasteiger partial charge in [0.15, 0.2) is 0 Å². The minimum Gasteiger partial charge on any atom is -0.303 e. The van der Waals surface area contributed by atoms with Crippen molar-refractivity contribution in [2.75, 3.05) is 0 Å². The second-order valence-electron chi connectivity index (χ2n) is 5.24. The Kier molecular flexibility index (Phi) is 12.0. The van der Waals surface area contributed by atoms with E-state index in [0.717, 1.165) is 19.3 Å². The Morgan fingerprint density at radius 1 is 0.895 bits per heavy atom. The van der Waals surface area contributed by atoms with Crippen molar-refractivity contribution < 1.29 is 18.9 Å². The highest BCUT2D eigenvalue weighted by molar-refractivity contribution is 7.46. The van der Waals surface area contributed by atoms with E-state index in [1.807, 2.05) is 6.92 Å². The molecule has 0 saturated heterocycles. The van der Waals surface area contributed by atoms with Crippen molar-refractivity contribution in [2.24, 2.45) is 0 Å². The van der Waals surface area contributed by atoms with E-state index < -0.39 is 7.82 Å². The normalized spacial score (nSPS) is 13.7. The highest BCUT2D eigenvalue weighted by atomic mass is 31.2. The van der Waals surface area contributed by atoms with Crippen LogP contribution in [0, 0.1) is 0 Å². The Bertz CT molecular complexity index is 240. The van der Waals surface area contributed by atoms with Gasteiger partial charge in [-0.15, -0.1) is 0 Å². The van der Waals surface area contributed by atoms with Gasteiger partial charge in [0.05, 0.1) is 6.10 Å². The lowest BCUT2D eigenvalue weighted by molar-refractivity contribution is 0.121. The van der Waals surface area contributed by atoms with Crippen LogP contribution >= 0.6 is 7.82 Å². The van der Waals surface area contributed by atoms with Crippen LogP contribution in [0.5, 0.6) is 0 Å². The second kappa shape index (κ2) is 11.9. The van der Waals surface area contributed by atoms with Gasteiger partial charge in [0, 0.05) is 0 Å². The third-order valence-corrected chi connectivity index (χ3v) is 3.94. The minimum absolute atomic E-state index is 0.301. The van der Waals surface area contributed by atoms with E-state index in [-0.39, 0.29) is 6.10 Å². The van der Waals surface area contributed by atoms with Crippen LogP contribution in [0.1, 0.15) is 84.5 Å². The molecule has 0 aromatic rings. The molecule has 0 saturated carbocycles. The predicted octanol–water partition coefficient (Wildman–Crippen LogP) is 4.80. The zero-order valence-corrected chi connectivity index (χ0v) is 13.4. The maximum absolute atomic E-state index is 10.7. The molecule has 116 valence electrons. The van der Waals surface area contributed by atoms with Crippen LogP contribution in [0.3, 0.4) is 0 Å². The number of hydrogen-bond donors (Lipinski definition) is 2. The third-order valence-electron chi connectivity index (χ3n) is 3.37. The fourth-order valence-corrected chi connectivity index (χ4v) is 2.85. The first-order valence-corrected chi connectivity index (χ1v) is 9.26. The van der Waals surface area contributed by atoms with E-state index >= 15 is 0 Å². The lowest BCUT2D eigenvalue weighted by atomic mass is 10.0. The molecule has 5 heteroatoms. The Balaban J connectivity index is 3.39. The van der Waals surface area contributed by atoms with Gasteiger partial charge in [0.1, 0.15) is 0 Å². The fraction of sp³-hybridized carbons (Fsp3) is 1.00. The van der Waals surface area contributed by atoms with Crippen LogP contribution in [0.2, 0.25) is 0 Å². The lowest BCUT2D eigenvalue weighted by Gasteiger charge is -2.16. The molecule has 0 aromatic heterocycles. The fourth-order valence-electron chi connectivity index (χ4n) is 2.21. The van der Waals surface area contributed by atoms with E-state index in [4.69, 9.17) is 14.3 Å². The van der Waals surface area contributed by atoms with Crippen LogP contribution in [0.25, 0.3) is 0 Å². The number of phosphoric ester groups is 1. The van der Waals surface area contributed by atoms with Crippen LogP contribution in [0.15, 0.2) is 0 Å². The van der Waals surface area contributed by atoms with Crippen molar-refractivity contribution in [3.05, 3.63) is 0 Å². The Morgan fingerprint density at radius 3 is 1.79 bits per heavy atom. The molecule has 0 heterocycles. The molecule has 0 aliphatic rings. The zero-order chi connectivity index (χ0) is 14.6. The summed E-state index contributed by atoms with van der Waals surface area (Å²) in [5.41, 5.74) is 0. The molecule has 0 fully saturated rings. The highest BCUT2D eigenvalue weighted by Gasteiger charge is 2.20. The van der Waals surface area contributed by atoms with Crippen molar-refractivity contribution >= 4 is 7.82 Å². The van der Waals surface area contributed by atoms with Crippen molar-refractivity contribution in [1.82, 2.24) is 0 Å². The summed E-state index contributed by atoms with van der Waals surface area (Å²) >= 11 is 0. The molecular formula is C14H31O4P. The summed E-state index contributed by atoms with van der Waals surface area (Å²) in [6.45, 7) is 4.12. The zero-order valence-electron chi connectivity index (χ0n) is 12.5. The average molecular weight is 294 g/mol. The van der Waals surface area contributed by atoms with Gasteiger partial charge in [-0.3, -0.25) is 4.52 Å². The standard InChI is InChI=1S/C14H31O4P/c1-3-5-6-7-8-9-10-11-12-13-14(4-2)18-19(15,16)17/h14H,3-13H2,1-2H3,(H2,15,16,17). The smallest absolute Gasteiger partial charge is 0.303 e. The molecule has 19 heavy (non-hydrogen) atoms. The van der Waals surface area contributed by atoms with Gasteiger partial charge in [-0.05, 0) is 12.8 Å². The van der Waals surface area contributed by atoms with Gasteiger partial charge in [-0.25, -0.2) is 4.57 Å². The minimum atomic E-state index is -4.32. The molecule has 1 unspecified atom stereocenters. The Labute approximate surface area is 118 Å². The van der Waals surface area contributed by atoms with Gasteiger partial charge in [-0.1, -0.05) is 71.6 Å².